The van der Waals surface area contributed by atoms with Crippen molar-refractivity contribution in [2.24, 2.45) is 7.05 Å². The van der Waals surface area contributed by atoms with Gasteiger partial charge in [-0.15, -0.1) is 0 Å². The number of amides is 4. The van der Waals surface area contributed by atoms with Gasteiger partial charge in [-0.1, -0.05) is 23.2 Å². The van der Waals surface area contributed by atoms with E-state index in [-0.39, 0.29) is 107 Å². The average Bonchev–Trinajstić information content (AvgIpc) is 4.32. The van der Waals surface area contributed by atoms with E-state index >= 15 is 0 Å². The Balaban J connectivity index is 0.000000261. The fourth-order valence-electron chi connectivity index (χ4n) is 7.04. The van der Waals surface area contributed by atoms with Crippen LogP contribution in [0.15, 0.2) is 85.7 Å². The van der Waals surface area contributed by atoms with Crippen LogP contribution in [0.25, 0.3) is 0 Å². The number of anilines is 5. The zero-order chi connectivity index (χ0) is 56.9. The summed E-state index contributed by atoms with van der Waals surface area (Å²) in [5.74, 6) is 1.15. The van der Waals surface area contributed by atoms with Crippen molar-refractivity contribution >= 4 is 128 Å². The first kappa shape index (κ1) is 66.5. The van der Waals surface area contributed by atoms with E-state index in [1.807, 2.05) is 6.07 Å². The van der Waals surface area contributed by atoms with Gasteiger partial charge in [-0.2, -0.15) is 10.2 Å². The first-order valence-corrected chi connectivity index (χ1v) is 24.8. The van der Waals surface area contributed by atoms with Gasteiger partial charge in [0.2, 0.25) is 45.7 Å². The normalized spacial score (nSPS) is 13.7. The number of nitrogens with one attached hydrogen (secondary N) is 2. The van der Waals surface area contributed by atoms with Crippen LogP contribution in [0.5, 0.6) is 0 Å². The Hall–Kier alpha value is -7.76. The average molecular weight is 1290 g/mol. The maximum absolute atomic E-state index is 11.9. The zero-order valence-electron chi connectivity index (χ0n) is 42.1. The van der Waals surface area contributed by atoms with Crippen LogP contribution in [-0.2, 0) is 46.6 Å². The number of carbonyl (C=O) groups excluding carboxylic acids is 4. The van der Waals surface area contributed by atoms with Crippen molar-refractivity contribution in [3.63, 3.8) is 0 Å². The molecule has 2 N–H and O–H groups in total. The Morgan fingerprint density at radius 2 is 1.10 bits per heavy atom. The Morgan fingerprint density at radius 1 is 0.637 bits per heavy atom. The first-order chi connectivity index (χ1) is 37.3. The quantitative estimate of drug-likeness (QED) is 0.0211. The van der Waals surface area contributed by atoms with Crippen LogP contribution in [0.2, 0.25) is 25.9 Å². The van der Waals surface area contributed by atoms with Gasteiger partial charge in [-0.25, -0.2) is 29.5 Å². The molecule has 10 rings (SSSR count). The van der Waals surface area contributed by atoms with Crippen LogP contribution in [0, 0.1) is 49.1 Å². The summed E-state index contributed by atoms with van der Waals surface area (Å²) in [5.41, 5.74) is 0.445. The number of rotatable bonds is 8. The maximum atomic E-state index is 11.9. The number of aryl methyl sites for hydroxylation is 1. The minimum absolute atomic E-state index is 0. The Morgan fingerprint density at radius 3 is 1.49 bits per heavy atom. The number of halogens is 5. The molecule has 4 saturated heterocycles. The van der Waals surface area contributed by atoms with E-state index in [0.717, 1.165) is 38.6 Å². The SMILES string of the molecule is C[n+]1cc(Cl)c(Cl)nc1Cl.N#Cc1cnc(Cl)nc1Nc1cccnc1N1CCCC1=O.O=C1CCCN1.O=C1CCCN1c1ncccc1[N+](=O)[O-].O=C1CCCN1c1ncccc1[N+](=O)[O-].O=[N+]([O-])c1cccnc1Cl.[CH3-].[Pd]. The van der Waals surface area contributed by atoms with Gasteiger partial charge in [-0.3, -0.25) is 64.2 Å². The smallest absolute Gasteiger partial charge is 0.358 e. The fourth-order valence-corrected chi connectivity index (χ4v) is 7.85. The van der Waals surface area contributed by atoms with Crippen LogP contribution in [0.1, 0.15) is 56.9 Å². The molecule has 0 bridgehead atoms. The van der Waals surface area contributed by atoms with Crippen LogP contribution in [-0.4, -0.2) is 99.5 Å². The Labute approximate surface area is 494 Å². The molecular weight excluding hydrogens is 1250 g/mol. The van der Waals surface area contributed by atoms with E-state index < -0.39 is 14.8 Å². The number of hydrogen-bond donors (Lipinski definition) is 2. The van der Waals surface area contributed by atoms with E-state index in [9.17, 15) is 49.5 Å². The summed E-state index contributed by atoms with van der Waals surface area (Å²) in [4.78, 5) is 106. The van der Waals surface area contributed by atoms with Crippen molar-refractivity contribution in [1.29, 1.82) is 5.26 Å². The van der Waals surface area contributed by atoms with Gasteiger partial charge < -0.3 is 18.1 Å². The third-order valence-electron chi connectivity index (χ3n) is 10.7. The molecule has 6 aromatic heterocycles. The Bertz CT molecular complexity index is 3100. The largest absolute Gasteiger partial charge is 0.397 e. The van der Waals surface area contributed by atoms with Crippen molar-refractivity contribution in [1.82, 2.24) is 40.2 Å². The molecular formula is C47H46Cl5N17O10Pd. The molecule has 424 valence electrons. The zero-order valence-corrected chi connectivity index (χ0v) is 47.4. The molecule has 4 fully saturated rings. The molecule has 4 amide bonds. The van der Waals surface area contributed by atoms with Gasteiger partial charge in [-0.05, 0) is 84.2 Å². The molecule has 27 nitrogen and oxygen atoms in total. The number of nitro groups is 3. The molecule has 0 aromatic carbocycles. The number of aromatic nitrogens is 8. The van der Waals surface area contributed by atoms with Gasteiger partial charge >= 0.3 is 22.3 Å². The topological polar surface area (TPSA) is 349 Å². The van der Waals surface area contributed by atoms with Crippen molar-refractivity contribution in [3.8, 4) is 6.07 Å². The molecule has 0 radical (unpaired) electrons. The number of nitriles is 1. The molecule has 0 atom stereocenters. The molecule has 0 unspecified atom stereocenters. The predicted molar refractivity (Wildman–Crippen MR) is 291 cm³/mol. The van der Waals surface area contributed by atoms with E-state index in [0.29, 0.717) is 60.7 Å². The van der Waals surface area contributed by atoms with E-state index in [1.54, 1.807) is 41.0 Å². The maximum Gasteiger partial charge on any atom is 0.397 e. The number of carbonyl (C=O) groups is 4. The van der Waals surface area contributed by atoms with Gasteiger partial charge in [0.25, 0.3) is 5.15 Å². The minimum Gasteiger partial charge on any atom is -0.358 e. The second-order valence-corrected chi connectivity index (χ2v) is 17.7. The van der Waals surface area contributed by atoms with E-state index in [1.165, 1.54) is 71.0 Å². The van der Waals surface area contributed by atoms with Crippen LogP contribution in [0.4, 0.5) is 46.0 Å². The molecule has 6 aromatic rings. The standard InChI is InChI=1S/C14H11ClN6O.2C9H9N3O3.C5H4Cl3N2.C5H3ClN2O2.C4H7NO.CH3.Pd/c15-14-18-8-9(7-16)12(20-14)19-10-3-1-5-17-13(10)21-6-2-4-11(21)22;2*13-8-4-2-6-11(8)9-7(12(14)15)3-1-5-10-9;1-10-2-3(6)4(7)9-5(10)8;6-5-4(8(9)10)2-1-3-7-5;6-4-2-1-3-5-4;;/h1,3,5,8H,2,4,6H2,(H,18,19,20);2*1,3,5H,2,4,6H2;2H,1H3;1-3H;1-3H2,(H,5,6);1H3;/q;;;+1;;;-1;. The number of hydrogen-bond acceptors (Lipinski definition) is 19. The van der Waals surface area contributed by atoms with Crippen LogP contribution >= 0.6 is 58.0 Å². The molecule has 0 aliphatic carbocycles. The van der Waals surface area contributed by atoms with E-state index in [4.69, 9.17) is 63.3 Å². The third-order valence-corrected chi connectivity index (χ3v) is 12.1. The van der Waals surface area contributed by atoms with Gasteiger partial charge in [0.05, 0.1) is 33.7 Å². The summed E-state index contributed by atoms with van der Waals surface area (Å²) in [6.45, 7) is 2.53. The molecule has 0 spiro atoms. The molecule has 33 heteroatoms. The Kier molecular flexibility index (Phi) is 27.4. The number of nitrogens with zero attached hydrogens (tertiary/aromatic N) is 15. The van der Waals surface area contributed by atoms with Crippen molar-refractivity contribution in [2.45, 2.75) is 51.4 Å². The predicted octanol–water partition coefficient (Wildman–Crippen LogP) is 8.35. The first-order valence-electron chi connectivity index (χ1n) is 22.9. The monoisotopic (exact) mass is 1290 g/mol. The molecule has 4 aliphatic heterocycles. The fraction of sp³-hybridized carbons (Fsp3) is 0.277. The van der Waals surface area contributed by atoms with E-state index in [2.05, 4.69) is 45.5 Å². The van der Waals surface area contributed by atoms with Crippen molar-refractivity contribution in [2.75, 3.05) is 46.2 Å². The summed E-state index contributed by atoms with van der Waals surface area (Å²) >= 11 is 27.9. The van der Waals surface area contributed by atoms with Gasteiger partial charge in [0.15, 0.2) is 11.6 Å². The van der Waals surface area contributed by atoms with Crippen molar-refractivity contribution < 1.29 is 58.9 Å². The second-order valence-electron chi connectivity index (χ2n) is 15.9. The molecule has 4 aliphatic rings. The van der Waals surface area contributed by atoms with Crippen LogP contribution < -0.4 is 29.9 Å². The summed E-state index contributed by atoms with van der Waals surface area (Å²) in [6, 6.07) is 13.9. The second kappa shape index (κ2) is 33.0. The van der Waals surface area contributed by atoms with Gasteiger partial charge in [0, 0.05) is 127 Å². The molecule has 80 heavy (non-hydrogen) atoms. The molecule has 0 saturated carbocycles. The van der Waals surface area contributed by atoms with Crippen molar-refractivity contribution in [3.05, 3.63) is 155 Å². The van der Waals surface area contributed by atoms with Gasteiger partial charge in [0.1, 0.15) is 22.9 Å². The summed E-state index contributed by atoms with van der Waals surface area (Å²) in [6.07, 6.45) is 14.3. The summed E-state index contributed by atoms with van der Waals surface area (Å²) in [7, 11) is 1.73. The minimum atomic E-state index is -0.574. The third kappa shape index (κ3) is 19.3. The summed E-state index contributed by atoms with van der Waals surface area (Å²) in [5, 5.41) is 47.2. The summed E-state index contributed by atoms with van der Waals surface area (Å²) < 4.78 is 1.58. The molecule has 10 heterocycles. The van der Waals surface area contributed by atoms with Crippen LogP contribution in [0.3, 0.4) is 0 Å². The number of pyridine rings is 4.